The molecule has 1 atom stereocenters. The molecule has 1 aliphatic heterocycles. The molecule has 20 heavy (non-hydrogen) atoms. The molecular formula is C17H21NO2. The van der Waals surface area contributed by atoms with Crippen LogP contribution in [0.1, 0.15) is 31.4 Å². The molecule has 0 radical (unpaired) electrons. The molecule has 2 N–H and O–H groups in total. The number of benzene rings is 2. The summed E-state index contributed by atoms with van der Waals surface area (Å²) in [6.45, 7) is 3.56. The van der Waals surface area contributed by atoms with Crippen molar-refractivity contribution in [2.45, 2.75) is 31.9 Å². The molecule has 0 spiro atoms. The highest BCUT2D eigenvalue weighted by atomic mass is 16.5. The van der Waals surface area contributed by atoms with E-state index < -0.39 is 0 Å². The Kier molecular flexibility index (Phi) is 3.90. The van der Waals surface area contributed by atoms with E-state index in [2.05, 4.69) is 24.3 Å². The summed E-state index contributed by atoms with van der Waals surface area (Å²) in [5.74, 6) is 0.949. The summed E-state index contributed by atoms with van der Waals surface area (Å²) >= 11 is 0. The van der Waals surface area contributed by atoms with Gasteiger partial charge in [-0.15, -0.1) is 0 Å². The van der Waals surface area contributed by atoms with Crippen molar-refractivity contribution in [3.63, 3.8) is 0 Å². The smallest absolute Gasteiger partial charge is 0.132 e. The normalized spacial score (nSPS) is 18.1. The summed E-state index contributed by atoms with van der Waals surface area (Å²) in [5, 5.41) is 2.34. The lowest BCUT2D eigenvalue weighted by Crippen LogP contribution is -2.26. The highest BCUT2D eigenvalue weighted by molar-refractivity contribution is 5.89. The average Bonchev–Trinajstić information content (AvgIpc) is 2.48. The van der Waals surface area contributed by atoms with Crippen LogP contribution in [-0.2, 0) is 4.74 Å². The Labute approximate surface area is 119 Å². The van der Waals surface area contributed by atoms with E-state index in [9.17, 15) is 0 Å². The zero-order valence-corrected chi connectivity index (χ0v) is 11.8. The molecule has 3 rings (SSSR count). The number of ether oxygens (including phenoxy) is 2. The molecule has 1 heterocycles. The number of hydrogen-bond acceptors (Lipinski definition) is 3. The summed E-state index contributed by atoms with van der Waals surface area (Å²) in [4.78, 5) is 0. The minimum Gasteiger partial charge on any atom is -0.489 e. The molecule has 3 nitrogen and oxygen atoms in total. The fourth-order valence-electron chi connectivity index (χ4n) is 2.71. The van der Waals surface area contributed by atoms with Crippen LogP contribution in [0.15, 0.2) is 36.4 Å². The third-order valence-electron chi connectivity index (χ3n) is 3.85. The maximum atomic E-state index is 6.30. The Morgan fingerprint density at radius 3 is 2.65 bits per heavy atom. The van der Waals surface area contributed by atoms with E-state index >= 15 is 0 Å². The Balaban J connectivity index is 2.02. The average molecular weight is 271 g/mol. The van der Waals surface area contributed by atoms with Crippen LogP contribution in [0, 0.1) is 0 Å². The van der Waals surface area contributed by atoms with E-state index in [1.807, 2.05) is 19.1 Å². The fourth-order valence-corrected chi connectivity index (χ4v) is 2.71. The summed E-state index contributed by atoms with van der Waals surface area (Å²) < 4.78 is 11.7. The van der Waals surface area contributed by atoms with Gasteiger partial charge in [0.1, 0.15) is 11.9 Å². The van der Waals surface area contributed by atoms with Crippen LogP contribution < -0.4 is 10.5 Å². The second-order valence-corrected chi connectivity index (χ2v) is 5.42. The van der Waals surface area contributed by atoms with Crippen molar-refractivity contribution in [2.24, 2.45) is 5.73 Å². The first-order valence-electron chi connectivity index (χ1n) is 7.27. The van der Waals surface area contributed by atoms with Gasteiger partial charge >= 0.3 is 0 Å². The van der Waals surface area contributed by atoms with Gasteiger partial charge in [0.2, 0.25) is 0 Å². The van der Waals surface area contributed by atoms with Gasteiger partial charge in [-0.25, -0.2) is 0 Å². The molecule has 106 valence electrons. The van der Waals surface area contributed by atoms with E-state index in [4.69, 9.17) is 15.2 Å². The van der Waals surface area contributed by atoms with Crippen LogP contribution in [0.2, 0.25) is 0 Å². The van der Waals surface area contributed by atoms with E-state index in [1.54, 1.807) is 0 Å². The molecule has 1 saturated heterocycles. The third-order valence-corrected chi connectivity index (χ3v) is 3.85. The fraction of sp³-hybridized carbons (Fsp3) is 0.412. The van der Waals surface area contributed by atoms with E-state index in [-0.39, 0.29) is 12.1 Å². The van der Waals surface area contributed by atoms with Gasteiger partial charge < -0.3 is 15.2 Å². The second kappa shape index (κ2) is 5.81. The van der Waals surface area contributed by atoms with Crippen LogP contribution in [0.4, 0.5) is 0 Å². The van der Waals surface area contributed by atoms with E-state index in [0.717, 1.165) is 42.8 Å². The standard InChI is InChI=1S/C17H21NO2/c1-12(18)15-7-6-13-4-2-3-5-16(13)17(15)20-14-8-10-19-11-9-14/h2-7,12,14H,8-11,18H2,1H3. The van der Waals surface area contributed by atoms with Gasteiger partial charge in [0, 0.05) is 29.8 Å². The number of fused-ring (bicyclic) bond motifs is 1. The first-order chi connectivity index (χ1) is 9.75. The molecule has 1 aliphatic rings. The molecular weight excluding hydrogens is 250 g/mol. The summed E-state index contributed by atoms with van der Waals surface area (Å²) in [6, 6.07) is 12.5. The highest BCUT2D eigenvalue weighted by Gasteiger charge is 2.19. The number of hydrogen-bond donors (Lipinski definition) is 1. The zero-order valence-electron chi connectivity index (χ0n) is 11.8. The van der Waals surface area contributed by atoms with Crippen molar-refractivity contribution in [3.8, 4) is 5.75 Å². The minimum absolute atomic E-state index is 0.0329. The third kappa shape index (κ3) is 2.65. The lowest BCUT2D eigenvalue weighted by Gasteiger charge is -2.26. The maximum absolute atomic E-state index is 6.30. The van der Waals surface area contributed by atoms with Gasteiger partial charge in [0.05, 0.1) is 13.2 Å². The van der Waals surface area contributed by atoms with Gasteiger partial charge in [0.25, 0.3) is 0 Å². The van der Waals surface area contributed by atoms with E-state index in [0.29, 0.717) is 0 Å². The predicted octanol–water partition coefficient (Wildman–Crippen LogP) is 3.42. The molecule has 1 unspecified atom stereocenters. The van der Waals surface area contributed by atoms with Gasteiger partial charge in [-0.2, -0.15) is 0 Å². The molecule has 0 aromatic heterocycles. The van der Waals surface area contributed by atoms with Gasteiger partial charge in [-0.3, -0.25) is 0 Å². The molecule has 0 bridgehead atoms. The van der Waals surface area contributed by atoms with Gasteiger partial charge in [-0.1, -0.05) is 36.4 Å². The topological polar surface area (TPSA) is 44.5 Å². The van der Waals surface area contributed by atoms with Crippen molar-refractivity contribution in [1.82, 2.24) is 0 Å². The molecule has 1 fully saturated rings. The summed E-state index contributed by atoms with van der Waals surface area (Å²) in [5.41, 5.74) is 7.18. The van der Waals surface area contributed by atoms with Gasteiger partial charge in [0.15, 0.2) is 0 Å². The van der Waals surface area contributed by atoms with Crippen molar-refractivity contribution >= 4 is 10.8 Å². The van der Waals surface area contributed by atoms with Crippen molar-refractivity contribution in [1.29, 1.82) is 0 Å². The van der Waals surface area contributed by atoms with Crippen molar-refractivity contribution in [2.75, 3.05) is 13.2 Å². The first-order valence-corrected chi connectivity index (χ1v) is 7.27. The highest BCUT2D eigenvalue weighted by Crippen LogP contribution is 2.34. The molecule has 3 heteroatoms. The summed E-state index contributed by atoms with van der Waals surface area (Å²) in [6.07, 6.45) is 2.12. The monoisotopic (exact) mass is 271 g/mol. The first kappa shape index (κ1) is 13.4. The quantitative estimate of drug-likeness (QED) is 0.930. The lowest BCUT2D eigenvalue weighted by molar-refractivity contribution is 0.0257. The largest absolute Gasteiger partial charge is 0.489 e. The molecule has 2 aromatic rings. The van der Waals surface area contributed by atoms with Gasteiger partial charge in [-0.05, 0) is 12.3 Å². The maximum Gasteiger partial charge on any atom is 0.132 e. The SMILES string of the molecule is CC(N)c1ccc2ccccc2c1OC1CCOCC1. The lowest BCUT2D eigenvalue weighted by atomic mass is 10.0. The molecule has 0 amide bonds. The molecule has 0 aliphatic carbocycles. The Morgan fingerprint density at radius 1 is 1.15 bits per heavy atom. The minimum atomic E-state index is -0.0329. The Hall–Kier alpha value is -1.58. The molecule has 0 saturated carbocycles. The van der Waals surface area contributed by atoms with Crippen LogP contribution in [-0.4, -0.2) is 19.3 Å². The number of rotatable bonds is 3. The Bertz CT molecular complexity index is 589. The zero-order chi connectivity index (χ0) is 13.9. The second-order valence-electron chi connectivity index (χ2n) is 5.42. The molecule has 2 aromatic carbocycles. The predicted molar refractivity (Wildman–Crippen MR) is 81.0 cm³/mol. The van der Waals surface area contributed by atoms with Crippen LogP contribution >= 0.6 is 0 Å². The van der Waals surface area contributed by atoms with Crippen molar-refractivity contribution < 1.29 is 9.47 Å². The van der Waals surface area contributed by atoms with E-state index in [1.165, 1.54) is 5.39 Å². The number of nitrogens with two attached hydrogens (primary N) is 1. The van der Waals surface area contributed by atoms with Crippen LogP contribution in [0.25, 0.3) is 10.8 Å². The van der Waals surface area contributed by atoms with Crippen molar-refractivity contribution in [3.05, 3.63) is 42.0 Å². The van der Waals surface area contributed by atoms with Crippen LogP contribution in [0.5, 0.6) is 5.75 Å². The Morgan fingerprint density at radius 2 is 1.90 bits per heavy atom. The summed E-state index contributed by atoms with van der Waals surface area (Å²) in [7, 11) is 0. The van der Waals surface area contributed by atoms with Crippen LogP contribution in [0.3, 0.4) is 0 Å².